The molecule has 0 saturated heterocycles. The summed E-state index contributed by atoms with van der Waals surface area (Å²) in [5, 5.41) is 32.2. The monoisotopic (exact) mass is 431 g/mol. The number of nitriles is 2. The lowest BCUT2D eigenvalue weighted by molar-refractivity contribution is -0.384. The smallest absolute Gasteiger partial charge is 0.270 e. The number of ether oxygens (including phenoxy) is 1. The largest absolute Gasteiger partial charge is 0.488 e. The second-order valence-electron chi connectivity index (χ2n) is 7.23. The first kappa shape index (κ1) is 21.3. The van der Waals surface area contributed by atoms with Crippen molar-refractivity contribution in [3.63, 3.8) is 0 Å². The number of nitrogens with zero attached hydrogens (tertiary/aromatic N) is 3. The fraction of sp³-hybridized carbons (Fsp3) is 0.0370. The molecule has 0 bridgehead atoms. The van der Waals surface area contributed by atoms with Gasteiger partial charge >= 0.3 is 0 Å². The number of hydrogen-bond donors (Lipinski definition) is 0. The molecule has 0 aliphatic rings. The van der Waals surface area contributed by atoms with Crippen molar-refractivity contribution in [2.45, 2.75) is 6.61 Å². The van der Waals surface area contributed by atoms with Crippen LogP contribution in [0.3, 0.4) is 0 Å². The lowest BCUT2D eigenvalue weighted by Crippen LogP contribution is -2.00. The van der Waals surface area contributed by atoms with Gasteiger partial charge in [-0.1, -0.05) is 60.7 Å². The molecule has 0 aliphatic carbocycles. The number of benzene rings is 4. The van der Waals surface area contributed by atoms with E-state index in [-0.39, 0.29) is 17.9 Å². The summed E-state index contributed by atoms with van der Waals surface area (Å²) >= 11 is 0. The van der Waals surface area contributed by atoms with E-state index in [1.165, 1.54) is 12.1 Å². The van der Waals surface area contributed by atoms with Gasteiger partial charge in [0, 0.05) is 23.3 Å². The Bertz CT molecular complexity index is 1480. The molecule has 0 unspecified atom stereocenters. The Morgan fingerprint density at radius 3 is 2.55 bits per heavy atom. The van der Waals surface area contributed by atoms with E-state index in [9.17, 15) is 20.6 Å². The third kappa shape index (κ3) is 4.56. The number of hydrogen-bond acceptors (Lipinski definition) is 5. The van der Waals surface area contributed by atoms with E-state index in [0.29, 0.717) is 22.4 Å². The molecular formula is C27H17N3O3. The summed E-state index contributed by atoms with van der Waals surface area (Å²) in [7, 11) is 0. The van der Waals surface area contributed by atoms with Gasteiger partial charge in [-0.15, -0.1) is 0 Å². The number of rotatable bonds is 6. The molecule has 0 heterocycles. The summed E-state index contributed by atoms with van der Waals surface area (Å²) in [5.41, 5.74) is 2.60. The van der Waals surface area contributed by atoms with Crippen LogP contribution in [0.5, 0.6) is 5.75 Å². The number of non-ortho nitro benzene ring substituents is 1. The molecule has 0 N–H and O–H groups in total. The highest BCUT2D eigenvalue weighted by Crippen LogP contribution is 2.33. The van der Waals surface area contributed by atoms with Crippen LogP contribution in [0.4, 0.5) is 5.69 Å². The first-order valence-electron chi connectivity index (χ1n) is 10.1. The highest BCUT2D eigenvalue weighted by atomic mass is 16.6. The summed E-state index contributed by atoms with van der Waals surface area (Å²) in [4.78, 5) is 10.7. The van der Waals surface area contributed by atoms with Gasteiger partial charge in [-0.25, -0.2) is 0 Å². The summed E-state index contributed by atoms with van der Waals surface area (Å²) < 4.78 is 6.10. The molecule has 4 rings (SSSR count). The predicted molar refractivity (Wildman–Crippen MR) is 126 cm³/mol. The molecule has 0 amide bonds. The van der Waals surface area contributed by atoms with Gasteiger partial charge in [0.1, 0.15) is 12.4 Å². The topological polar surface area (TPSA) is 99.9 Å². The fourth-order valence-corrected chi connectivity index (χ4v) is 3.57. The molecule has 6 nitrogen and oxygen atoms in total. The van der Waals surface area contributed by atoms with E-state index >= 15 is 0 Å². The molecule has 0 aromatic heterocycles. The van der Waals surface area contributed by atoms with Crippen LogP contribution in [0.15, 0.2) is 84.9 Å². The van der Waals surface area contributed by atoms with Crippen LogP contribution in [-0.4, -0.2) is 4.92 Å². The van der Waals surface area contributed by atoms with Crippen LogP contribution in [0, 0.1) is 32.8 Å². The van der Waals surface area contributed by atoms with Crippen molar-refractivity contribution in [1.82, 2.24) is 0 Å². The Morgan fingerprint density at radius 2 is 1.76 bits per heavy atom. The van der Waals surface area contributed by atoms with E-state index in [4.69, 9.17) is 4.74 Å². The van der Waals surface area contributed by atoms with Gasteiger partial charge in [0.05, 0.1) is 28.2 Å². The van der Waals surface area contributed by atoms with Gasteiger partial charge in [-0.05, 0) is 34.5 Å². The van der Waals surface area contributed by atoms with Crippen LogP contribution in [0.25, 0.3) is 22.4 Å². The molecule has 0 fully saturated rings. The van der Waals surface area contributed by atoms with Gasteiger partial charge in [-0.3, -0.25) is 10.1 Å². The second-order valence-corrected chi connectivity index (χ2v) is 7.23. The van der Waals surface area contributed by atoms with E-state index in [1.807, 2.05) is 48.5 Å². The maximum atomic E-state index is 11.2. The third-order valence-corrected chi connectivity index (χ3v) is 5.23. The molecular weight excluding hydrogens is 414 g/mol. The van der Waals surface area contributed by atoms with Gasteiger partial charge in [0.2, 0.25) is 0 Å². The van der Waals surface area contributed by atoms with Gasteiger partial charge in [-0.2, -0.15) is 10.5 Å². The Hall–Kier alpha value is -4.94. The van der Waals surface area contributed by atoms with Gasteiger partial charge < -0.3 is 4.74 Å². The molecule has 0 aliphatic heterocycles. The first-order chi connectivity index (χ1) is 16.1. The van der Waals surface area contributed by atoms with Crippen molar-refractivity contribution < 1.29 is 9.66 Å². The Balaban J connectivity index is 1.81. The number of fused-ring (bicyclic) bond motifs is 1. The first-order valence-corrected chi connectivity index (χ1v) is 10.1. The average molecular weight is 431 g/mol. The number of nitro groups is 1. The molecule has 4 aromatic carbocycles. The van der Waals surface area contributed by atoms with Crippen LogP contribution in [0.2, 0.25) is 0 Å². The zero-order valence-corrected chi connectivity index (χ0v) is 17.4. The molecule has 0 atom stereocenters. The third-order valence-electron chi connectivity index (χ3n) is 5.23. The second kappa shape index (κ2) is 9.47. The maximum absolute atomic E-state index is 11.2. The predicted octanol–water partition coefficient (Wildman–Crippen LogP) is 6.26. The van der Waals surface area contributed by atoms with E-state index < -0.39 is 4.92 Å². The van der Waals surface area contributed by atoms with Crippen molar-refractivity contribution in [3.05, 3.63) is 117 Å². The maximum Gasteiger partial charge on any atom is 0.270 e. The van der Waals surface area contributed by atoms with Crippen LogP contribution >= 0.6 is 0 Å². The van der Waals surface area contributed by atoms with Crippen LogP contribution in [0.1, 0.15) is 22.3 Å². The quantitative estimate of drug-likeness (QED) is 0.155. The minimum Gasteiger partial charge on any atom is -0.488 e. The molecule has 158 valence electrons. The summed E-state index contributed by atoms with van der Waals surface area (Å²) in [5.74, 6) is 0.541. The minimum absolute atomic E-state index is 0.0869. The molecule has 6 heteroatoms. The average Bonchev–Trinajstić information content (AvgIpc) is 2.86. The Labute approximate surface area is 190 Å². The zero-order valence-electron chi connectivity index (χ0n) is 17.4. The number of nitro benzene ring substituents is 1. The lowest BCUT2D eigenvalue weighted by atomic mass is 9.98. The molecule has 0 radical (unpaired) electrons. The summed E-state index contributed by atoms with van der Waals surface area (Å²) in [6, 6.07) is 29.0. The molecule has 0 spiro atoms. The molecule has 4 aromatic rings. The van der Waals surface area contributed by atoms with E-state index in [0.717, 1.165) is 16.3 Å². The molecule has 33 heavy (non-hydrogen) atoms. The zero-order chi connectivity index (χ0) is 23.2. The molecule has 0 saturated carbocycles. The van der Waals surface area contributed by atoms with Crippen LogP contribution < -0.4 is 4.74 Å². The van der Waals surface area contributed by atoms with Crippen molar-refractivity contribution >= 4 is 28.1 Å². The van der Waals surface area contributed by atoms with Crippen molar-refractivity contribution in [3.8, 4) is 17.9 Å². The summed E-state index contributed by atoms with van der Waals surface area (Å²) in [6.45, 7) is 0.182. The van der Waals surface area contributed by atoms with Crippen molar-refractivity contribution in [2.75, 3.05) is 0 Å². The highest BCUT2D eigenvalue weighted by molar-refractivity contribution is 6.00. The van der Waals surface area contributed by atoms with Gasteiger partial charge in [0.25, 0.3) is 5.69 Å². The Morgan fingerprint density at radius 1 is 0.970 bits per heavy atom. The highest BCUT2D eigenvalue weighted by Gasteiger charge is 2.13. The minimum atomic E-state index is -0.489. The van der Waals surface area contributed by atoms with Crippen molar-refractivity contribution in [1.29, 1.82) is 10.5 Å². The van der Waals surface area contributed by atoms with Crippen LogP contribution in [-0.2, 0) is 6.61 Å². The summed E-state index contributed by atoms with van der Waals surface area (Å²) in [6.07, 6.45) is 1.69. The normalized spacial score (nSPS) is 10.9. The standard InChI is InChI=1S/C27H17N3O3/c28-16-21-7-1-2-8-22(21)18-33-27-13-12-19-6-3-4-11-25(19)26(27)15-23(17-29)20-9-5-10-24(14-20)30(31)32/h1-15H,18H2. The van der Waals surface area contributed by atoms with Crippen molar-refractivity contribution in [2.24, 2.45) is 0 Å². The fourth-order valence-electron chi connectivity index (χ4n) is 3.57. The van der Waals surface area contributed by atoms with E-state index in [2.05, 4.69) is 12.1 Å². The number of allylic oxidation sites excluding steroid dienone is 1. The lowest BCUT2D eigenvalue weighted by Gasteiger charge is -2.13. The van der Waals surface area contributed by atoms with Gasteiger partial charge in [0.15, 0.2) is 0 Å². The van der Waals surface area contributed by atoms with E-state index in [1.54, 1.807) is 30.3 Å². The SMILES string of the molecule is N#CC(=Cc1c(OCc2ccccc2C#N)ccc2ccccc12)c1cccc([N+](=O)[O-])c1. The Kier molecular flexibility index (Phi) is 6.11.